The number of rotatable bonds is 7. The minimum Gasteiger partial charge on any atom is -0.497 e. The van der Waals surface area contributed by atoms with Crippen molar-refractivity contribution in [2.75, 3.05) is 18.6 Å². The zero-order valence-corrected chi connectivity index (χ0v) is 21.8. The summed E-state index contributed by atoms with van der Waals surface area (Å²) in [5.41, 5.74) is -0.0743. The first-order chi connectivity index (χ1) is 18.8. The maximum atomic E-state index is 14.4. The van der Waals surface area contributed by atoms with Crippen molar-refractivity contribution >= 4 is 38.8 Å². The van der Waals surface area contributed by atoms with E-state index in [-0.39, 0.29) is 15.6 Å². The van der Waals surface area contributed by atoms with Crippen molar-refractivity contribution in [1.82, 2.24) is 4.98 Å². The third kappa shape index (κ3) is 5.31. The second-order valence-corrected chi connectivity index (χ2v) is 9.48. The number of carbonyl (C=O) groups is 1. The topological polar surface area (TPSA) is 51.7 Å². The van der Waals surface area contributed by atoms with E-state index in [1.807, 2.05) is 25.1 Å². The Morgan fingerprint density at radius 2 is 1.64 bits per heavy atom. The van der Waals surface area contributed by atoms with Crippen molar-refractivity contribution in [2.24, 2.45) is 0 Å². The Balaban J connectivity index is 1.71. The Morgan fingerprint density at radius 1 is 0.923 bits per heavy atom. The molecule has 4 aromatic carbocycles. The number of nitrogens with zero attached hydrogens (tertiary/aromatic N) is 2. The lowest BCUT2D eigenvalue weighted by atomic mass is 10.0. The number of methoxy groups -OCH3 is 1. The van der Waals surface area contributed by atoms with E-state index in [0.29, 0.717) is 34.7 Å². The second kappa shape index (κ2) is 10.8. The summed E-state index contributed by atoms with van der Waals surface area (Å²) in [5, 5.41) is 1.35. The minimum atomic E-state index is -4.75. The summed E-state index contributed by atoms with van der Waals surface area (Å²) in [6, 6.07) is 25.4. The molecule has 0 spiro atoms. The van der Waals surface area contributed by atoms with Crippen LogP contribution in [0, 0.1) is 0 Å². The summed E-state index contributed by atoms with van der Waals surface area (Å²) < 4.78 is 53.9. The van der Waals surface area contributed by atoms with Gasteiger partial charge in [0.15, 0.2) is 10.8 Å². The van der Waals surface area contributed by atoms with Crippen LogP contribution in [0.15, 0.2) is 91.0 Å². The van der Waals surface area contributed by atoms with Gasteiger partial charge in [0.2, 0.25) is 0 Å². The van der Waals surface area contributed by atoms with Gasteiger partial charge in [-0.15, -0.1) is 0 Å². The molecule has 5 rings (SSSR count). The van der Waals surface area contributed by atoms with E-state index in [0.717, 1.165) is 16.7 Å². The normalized spacial score (nSPS) is 11.4. The molecule has 198 valence electrons. The van der Waals surface area contributed by atoms with Crippen molar-refractivity contribution in [2.45, 2.75) is 13.1 Å². The van der Waals surface area contributed by atoms with Gasteiger partial charge in [0.05, 0.1) is 24.3 Å². The van der Waals surface area contributed by atoms with Crippen molar-refractivity contribution in [3.05, 3.63) is 102 Å². The fraction of sp³-hybridized carbons (Fsp3) is 0.133. The van der Waals surface area contributed by atoms with Gasteiger partial charge in [-0.3, -0.25) is 9.69 Å². The zero-order valence-electron chi connectivity index (χ0n) is 21.0. The lowest BCUT2D eigenvalue weighted by molar-refractivity contribution is -0.140. The average molecular weight is 549 g/mol. The molecule has 0 aliphatic heterocycles. The molecule has 9 heteroatoms. The van der Waals surface area contributed by atoms with Crippen molar-refractivity contribution in [1.29, 1.82) is 0 Å². The van der Waals surface area contributed by atoms with Crippen LogP contribution in [0.2, 0.25) is 0 Å². The van der Waals surface area contributed by atoms with Gasteiger partial charge in [-0.25, -0.2) is 4.98 Å². The number of benzene rings is 4. The first kappa shape index (κ1) is 26.2. The van der Waals surface area contributed by atoms with E-state index in [1.165, 1.54) is 18.1 Å². The molecule has 0 aliphatic carbocycles. The summed E-state index contributed by atoms with van der Waals surface area (Å²) in [7, 11) is 1.47. The number of fused-ring (bicyclic) bond motifs is 1. The molecule has 0 aliphatic rings. The number of amides is 1. The number of hydrogen-bond donors (Lipinski definition) is 0. The second-order valence-electron chi connectivity index (χ2n) is 8.50. The van der Waals surface area contributed by atoms with Crippen LogP contribution in [0.25, 0.3) is 21.2 Å². The summed E-state index contributed by atoms with van der Waals surface area (Å²) in [4.78, 5) is 19.0. The highest BCUT2D eigenvalue weighted by atomic mass is 32.1. The molecule has 39 heavy (non-hydrogen) atoms. The lowest BCUT2D eigenvalue weighted by Crippen LogP contribution is -2.26. The number of ether oxygens (including phenoxy) is 2. The molecule has 5 nitrogen and oxygen atoms in total. The molecule has 0 atom stereocenters. The summed E-state index contributed by atoms with van der Waals surface area (Å²) in [6.07, 6.45) is -4.75. The quantitative estimate of drug-likeness (QED) is 0.205. The molecule has 0 unspecified atom stereocenters. The van der Waals surface area contributed by atoms with Gasteiger partial charge < -0.3 is 9.47 Å². The predicted molar refractivity (Wildman–Crippen MR) is 147 cm³/mol. The molecular formula is C30H23F3N2O3S. The van der Waals surface area contributed by atoms with Gasteiger partial charge in [-0.05, 0) is 60.2 Å². The summed E-state index contributed by atoms with van der Waals surface area (Å²) >= 11 is 0.816. The minimum absolute atomic E-state index is 0.0660. The van der Waals surface area contributed by atoms with Crippen LogP contribution in [0.3, 0.4) is 0 Å². The first-order valence-corrected chi connectivity index (χ1v) is 12.9. The van der Waals surface area contributed by atoms with Crippen LogP contribution in [0.1, 0.15) is 23.0 Å². The van der Waals surface area contributed by atoms with E-state index in [9.17, 15) is 18.0 Å². The van der Waals surface area contributed by atoms with Crippen LogP contribution in [0.5, 0.6) is 11.5 Å². The molecule has 0 saturated heterocycles. The van der Waals surface area contributed by atoms with Gasteiger partial charge in [0.1, 0.15) is 11.5 Å². The van der Waals surface area contributed by atoms with Gasteiger partial charge in [0, 0.05) is 11.1 Å². The molecule has 0 N–H and O–H groups in total. The number of carbonyl (C=O) groups excluding carboxylic acids is 1. The van der Waals surface area contributed by atoms with Crippen molar-refractivity contribution in [3.63, 3.8) is 0 Å². The molecule has 5 aromatic rings. The fourth-order valence-electron chi connectivity index (χ4n) is 4.26. The van der Waals surface area contributed by atoms with Crippen LogP contribution in [0.4, 0.5) is 24.0 Å². The highest BCUT2D eigenvalue weighted by Crippen LogP contribution is 2.46. The number of thiazole rings is 1. The van der Waals surface area contributed by atoms with Gasteiger partial charge in [-0.2, -0.15) is 13.2 Å². The van der Waals surface area contributed by atoms with Gasteiger partial charge in [-0.1, -0.05) is 59.9 Å². The zero-order chi connectivity index (χ0) is 27.6. The first-order valence-electron chi connectivity index (χ1n) is 12.1. The monoisotopic (exact) mass is 548 g/mol. The number of alkyl halides is 3. The van der Waals surface area contributed by atoms with Crippen molar-refractivity contribution in [3.8, 4) is 21.9 Å². The van der Waals surface area contributed by atoms with E-state index < -0.39 is 17.8 Å². The van der Waals surface area contributed by atoms with Crippen molar-refractivity contribution < 1.29 is 27.4 Å². The lowest BCUT2D eigenvalue weighted by Gasteiger charge is -2.21. The predicted octanol–water partition coefficient (Wildman–Crippen LogP) is 8.37. The SMILES string of the molecule is CCOc1ccc(N(C(=O)c2cccc(OC)c2)c2nc(C(F)(F)F)c(-c3cccc4ccccc34)s2)cc1. The number of aromatic nitrogens is 1. The summed E-state index contributed by atoms with van der Waals surface area (Å²) in [6.45, 7) is 2.29. The highest BCUT2D eigenvalue weighted by Gasteiger charge is 2.40. The van der Waals surface area contributed by atoms with Gasteiger partial charge >= 0.3 is 6.18 Å². The Labute approximate surface area is 227 Å². The number of anilines is 2. The molecular weight excluding hydrogens is 525 g/mol. The van der Waals surface area contributed by atoms with Crippen LogP contribution in [-0.2, 0) is 6.18 Å². The highest BCUT2D eigenvalue weighted by molar-refractivity contribution is 7.19. The fourth-order valence-corrected chi connectivity index (χ4v) is 5.41. The maximum Gasteiger partial charge on any atom is 0.434 e. The third-order valence-electron chi connectivity index (χ3n) is 6.04. The summed E-state index contributed by atoms with van der Waals surface area (Å²) in [5.74, 6) is 0.464. The number of hydrogen-bond acceptors (Lipinski definition) is 5. The van der Waals surface area contributed by atoms with E-state index in [4.69, 9.17) is 9.47 Å². The standard InChI is InChI=1S/C30H23F3N2O3S/c1-3-38-22-16-14-21(15-17-22)35(28(36)20-10-6-11-23(18-20)37-2)29-34-27(30(31,32)33)26(39-29)25-13-7-9-19-8-4-5-12-24(19)25/h4-18H,3H2,1-2H3. The molecule has 0 radical (unpaired) electrons. The number of halogens is 3. The Hall–Kier alpha value is -4.37. The van der Waals surface area contributed by atoms with E-state index in [1.54, 1.807) is 66.7 Å². The van der Waals surface area contributed by atoms with E-state index in [2.05, 4.69) is 4.98 Å². The third-order valence-corrected chi connectivity index (χ3v) is 7.11. The Morgan fingerprint density at radius 3 is 2.36 bits per heavy atom. The Bertz CT molecular complexity index is 1630. The molecule has 1 heterocycles. The molecule has 0 bridgehead atoms. The molecule has 1 aromatic heterocycles. The van der Waals surface area contributed by atoms with Crippen LogP contribution >= 0.6 is 11.3 Å². The smallest absolute Gasteiger partial charge is 0.434 e. The Kier molecular flexibility index (Phi) is 7.26. The van der Waals surface area contributed by atoms with E-state index >= 15 is 0 Å². The van der Waals surface area contributed by atoms with Gasteiger partial charge in [0.25, 0.3) is 5.91 Å². The van der Waals surface area contributed by atoms with Crippen LogP contribution in [-0.4, -0.2) is 24.6 Å². The molecule has 0 fully saturated rings. The molecule has 1 amide bonds. The van der Waals surface area contributed by atoms with Crippen LogP contribution < -0.4 is 14.4 Å². The average Bonchev–Trinajstić information content (AvgIpc) is 3.39. The maximum absolute atomic E-state index is 14.4. The largest absolute Gasteiger partial charge is 0.497 e. The molecule has 0 saturated carbocycles.